The summed E-state index contributed by atoms with van der Waals surface area (Å²) in [6.07, 6.45) is 7.92. The van der Waals surface area contributed by atoms with Gasteiger partial charge >= 0.3 is 5.97 Å². The number of rotatable bonds is 1. The Balaban J connectivity index is 1.67. The minimum atomic E-state index is -0.459. The Morgan fingerprint density at radius 3 is 3.04 bits per heavy atom. The van der Waals surface area contributed by atoms with Crippen LogP contribution in [0, 0.1) is 5.82 Å². The van der Waals surface area contributed by atoms with Crippen LogP contribution in [-0.4, -0.2) is 35.1 Å². The maximum Gasteiger partial charge on any atom is 0.332 e. The van der Waals surface area contributed by atoms with Crippen molar-refractivity contribution in [3.63, 3.8) is 0 Å². The molecule has 1 aliphatic carbocycles. The van der Waals surface area contributed by atoms with Crippen LogP contribution in [0.2, 0.25) is 0 Å². The molecule has 3 aliphatic heterocycles. The highest BCUT2D eigenvalue weighted by Crippen LogP contribution is 2.55. The molecule has 3 heterocycles. The fraction of sp³-hybridized carbons (Fsp3) is 0.421. The van der Waals surface area contributed by atoms with E-state index in [9.17, 15) is 9.18 Å². The summed E-state index contributed by atoms with van der Waals surface area (Å²) in [7, 11) is 0. The molecule has 2 saturated heterocycles. The van der Waals surface area contributed by atoms with Crippen LogP contribution in [0.15, 0.2) is 42.0 Å². The number of fused-ring (bicyclic) bond motifs is 3. The Kier molecular flexibility index (Phi) is 2.66. The summed E-state index contributed by atoms with van der Waals surface area (Å²) in [5.41, 5.74) is 2.55. The van der Waals surface area contributed by atoms with Gasteiger partial charge < -0.3 is 4.74 Å². The van der Waals surface area contributed by atoms with Gasteiger partial charge in [-0.05, 0) is 48.7 Å². The van der Waals surface area contributed by atoms with E-state index in [4.69, 9.17) is 4.74 Å². The van der Waals surface area contributed by atoms with Crippen LogP contribution in [0.3, 0.4) is 0 Å². The number of piperidine rings is 1. The summed E-state index contributed by atoms with van der Waals surface area (Å²) in [6.45, 7) is 1.02. The van der Waals surface area contributed by atoms with Crippen LogP contribution in [0.1, 0.15) is 31.2 Å². The number of nitrogens with zero attached hydrogens (tertiary/aromatic N) is 1. The molecule has 0 N–H and O–H groups in total. The fourth-order valence-corrected chi connectivity index (χ4v) is 4.97. The number of hydrogen-bond donors (Lipinski definition) is 0. The second-order valence-corrected chi connectivity index (χ2v) is 6.99. The molecule has 1 spiro atoms. The Hall–Kier alpha value is -1.94. The first-order valence-electron chi connectivity index (χ1n) is 8.36. The van der Waals surface area contributed by atoms with Crippen molar-refractivity contribution in [1.82, 2.24) is 4.90 Å². The van der Waals surface area contributed by atoms with Crippen LogP contribution in [0.25, 0.3) is 5.57 Å². The maximum absolute atomic E-state index is 13.7. The lowest BCUT2D eigenvalue weighted by Gasteiger charge is -2.37. The summed E-state index contributed by atoms with van der Waals surface area (Å²) in [5.74, 6) is -0.455. The number of ether oxygens (including phenoxy) is 1. The van der Waals surface area contributed by atoms with Gasteiger partial charge in [0.25, 0.3) is 0 Å². The molecular formula is C19H18FNO2. The molecule has 4 heteroatoms. The smallest absolute Gasteiger partial charge is 0.332 e. The zero-order valence-electron chi connectivity index (χ0n) is 12.8. The van der Waals surface area contributed by atoms with Crippen LogP contribution in [0.4, 0.5) is 4.39 Å². The molecule has 1 aromatic rings. The van der Waals surface area contributed by atoms with E-state index in [2.05, 4.69) is 11.0 Å². The Morgan fingerprint density at radius 2 is 2.17 bits per heavy atom. The number of esters is 1. The molecule has 4 aliphatic rings. The minimum absolute atomic E-state index is 0.213. The SMILES string of the molecule is O=C1C=C2C=C(c3cccc(F)c3)[C@@H]3C[C@@]2(O1)[C@H]1CCCCN31. The Morgan fingerprint density at radius 1 is 1.26 bits per heavy atom. The van der Waals surface area contributed by atoms with Crippen molar-refractivity contribution in [1.29, 1.82) is 0 Å². The lowest BCUT2D eigenvalue weighted by Crippen LogP contribution is -2.48. The molecule has 118 valence electrons. The average molecular weight is 311 g/mol. The Labute approximate surface area is 134 Å². The third-order valence-electron chi connectivity index (χ3n) is 5.85. The number of carbonyl (C=O) groups excluding carboxylic acids is 1. The summed E-state index contributed by atoms with van der Waals surface area (Å²) in [4.78, 5) is 14.4. The third-order valence-corrected chi connectivity index (χ3v) is 5.85. The van der Waals surface area contributed by atoms with E-state index in [0.717, 1.165) is 36.1 Å². The largest absolute Gasteiger partial charge is 0.449 e. The van der Waals surface area contributed by atoms with E-state index < -0.39 is 5.60 Å². The summed E-state index contributed by atoms with van der Waals surface area (Å²) in [5, 5.41) is 0. The van der Waals surface area contributed by atoms with E-state index in [-0.39, 0.29) is 23.9 Å². The van der Waals surface area contributed by atoms with Crippen LogP contribution >= 0.6 is 0 Å². The topological polar surface area (TPSA) is 29.5 Å². The molecule has 0 aromatic heterocycles. The van der Waals surface area contributed by atoms with E-state index in [0.29, 0.717) is 0 Å². The van der Waals surface area contributed by atoms with Gasteiger partial charge in [-0.2, -0.15) is 0 Å². The monoisotopic (exact) mass is 311 g/mol. The van der Waals surface area contributed by atoms with Crippen molar-refractivity contribution in [3.8, 4) is 0 Å². The molecule has 5 rings (SSSR count). The second kappa shape index (κ2) is 4.54. The van der Waals surface area contributed by atoms with Gasteiger partial charge in [-0.25, -0.2) is 9.18 Å². The minimum Gasteiger partial charge on any atom is -0.449 e. The maximum atomic E-state index is 13.7. The zero-order valence-corrected chi connectivity index (χ0v) is 12.8. The molecule has 23 heavy (non-hydrogen) atoms. The predicted octanol–water partition coefficient (Wildman–Crippen LogP) is 3.07. The first-order valence-corrected chi connectivity index (χ1v) is 8.36. The molecule has 0 radical (unpaired) electrons. The van der Waals surface area contributed by atoms with Crippen LogP contribution in [-0.2, 0) is 9.53 Å². The number of halogens is 1. The molecular weight excluding hydrogens is 293 g/mol. The van der Waals surface area contributed by atoms with Crippen LogP contribution in [0.5, 0.6) is 0 Å². The highest BCUT2D eigenvalue weighted by atomic mass is 19.1. The lowest BCUT2D eigenvalue weighted by atomic mass is 9.77. The molecule has 3 atom stereocenters. The van der Waals surface area contributed by atoms with E-state index in [1.807, 2.05) is 6.07 Å². The molecule has 0 unspecified atom stereocenters. The third kappa shape index (κ3) is 1.75. The number of hydrogen-bond acceptors (Lipinski definition) is 3. The predicted molar refractivity (Wildman–Crippen MR) is 84.0 cm³/mol. The normalized spacial score (nSPS) is 35.3. The van der Waals surface area contributed by atoms with Crippen LogP contribution < -0.4 is 0 Å². The Bertz CT molecular complexity index is 768. The quantitative estimate of drug-likeness (QED) is 0.747. The molecule has 0 amide bonds. The van der Waals surface area contributed by atoms with Gasteiger partial charge in [0.1, 0.15) is 5.82 Å². The molecule has 0 saturated carbocycles. The van der Waals surface area contributed by atoms with Gasteiger partial charge in [-0.15, -0.1) is 0 Å². The second-order valence-electron chi connectivity index (χ2n) is 6.99. The van der Waals surface area contributed by atoms with Gasteiger partial charge in [0.05, 0.1) is 6.04 Å². The average Bonchev–Trinajstić information content (AvgIpc) is 3.03. The van der Waals surface area contributed by atoms with Crippen molar-refractivity contribution >= 4 is 11.5 Å². The molecule has 2 bridgehead atoms. The standard InChI is InChI=1S/C19H18FNO2/c20-14-5-3-4-12(8-14)15-9-13-10-18(22)23-19(13)11-16(15)21-7-2-1-6-17(19)21/h3-5,8-10,16-17H,1-2,6-7,11H2/t16-,17+,19-/m0/s1. The van der Waals surface area contributed by atoms with Crippen molar-refractivity contribution in [2.45, 2.75) is 43.4 Å². The first-order chi connectivity index (χ1) is 11.2. The van der Waals surface area contributed by atoms with Crippen molar-refractivity contribution in [2.24, 2.45) is 0 Å². The molecule has 3 nitrogen and oxygen atoms in total. The van der Waals surface area contributed by atoms with Crippen molar-refractivity contribution in [3.05, 3.63) is 53.4 Å². The van der Waals surface area contributed by atoms with Crippen molar-refractivity contribution < 1.29 is 13.9 Å². The first kappa shape index (κ1) is 13.5. The van der Waals surface area contributed by atoms with Gasteiger partial charge in [-0.3, -0.25) is 4.90 Å². The van der Waals surface area contributed by atoms with E-state index >= 15 is 0 Å². The lowest BCUT2D eigenvalue weighted by molar-refractivity contribution is -0.148. The highest BCUT2D eigenvalue weighted by Gasteiger charge is 2.61. The summed E-state index contributed by atoms with van der Waals surface area (Å²) >= 11 is 0. The number of benzene rings is 1. The molecule has 1 aromatic carbocycles. The van der Waals surface area contributed by atoms with Gasteiger partial charge in [0, 0.05) is 24.1 Å². The van der Waals surface area contributed by atoms with Gasteiger partial charge in [0.2, 0.25) is 0 Å². The highest BCUT2D eigenvalue weighted by molar-refractivity contribution is 5.91. The van der Waals surface area contributed by atoms with Gasteiger partial charge in [0.15, 0.2) is 5.60 Å². The van der Waals surface area contributed by atoms with E-state index in [1.165, 1.54) is 18.9 Å². The fourth-order valence-electron chi connectivity index (χ4n) is 4.97. The van der Waals surface area contributed by atoms with E-state index in [1.54, 1.807) is 18.2 Å². The summed E-state index contributed by atoms with van der Waals surface area (Å²) < 4.78 is 19.5. The number of carbonyl (C=O) groups is 1. The molecule has 2 fully saturated rings. The van der Waals surface area contributed by atoms with Crippen molar-refractivity contribution in [2.75, 3.05) is 6.54 Å². The summed E-state index contributed by atoms with van der Waals surface area (Å²) in [6, 6.07) is 7.25. The van der Waals surface area contributed by atoms with Gasteiger partial charge in [-0.1, -0.05) is 18.6 Å². The zero-order chi connectivity index (χ0) is 15.6.